The van der Waals surface area contributed by atoms with Gasteiger partial charge in [0.1, 0.15) is 0 Å². The number of rotatable bonds is 6. The van der Waals surface area contributed by atoms with E-state index in [1.54, 1.807) is 0 Å². The molecule has 0 bridgehead atoms. The van der Waals surface area contributed by atoms with Gasteiger partial charge in [-0.2, -0.15) is 0 Å². The predicted molar refractivity (Wildman–Crippen MR) is 315 cm³/mol. The van der Waals surface area contributed by atoms with Crippen LogP contribution in [0.5, 0.6) is 0 Å². The van der Waals surface area contributed by atoms with Crippen LogP contribution in [-0.4, -0.2) is 4.57 Å². The van der Waals surface area contributed by atoms with Crippen LogP contribution >= 0.6 is 0 Å². The molecule has 2 aliphatic rings. The van der Waals surface area contributed by atoms with Gasteiger partial charge in [-0.1, -0.05) is 212 Å². The van der Waals surface area contributed by atoms with Gasteiger partial charge in [0.25, 0.3) is 0 Å². The largest absolute Gasteiger partial charge is 0.310 e. The first kappa shape index (κ1) is 41.8. The zero-order valence-corrected chi connectivity index (χ0v) is 41.0. The van der Waals surface area contributed by atoms with Crippen LogP contribution in [0.25, 0.3) is 104 Å². The Morgan fingerprint density at radius 2 is 0.720 bits per heavy atom. The van der Waals surface area contributed by atoms with Crippen molar-refractivity contribution in [2.45, 2.75) is 5.41 Å². The third-order valence-electron chi connectivity index (χ3n) is 16.6. The first-order valence-corrected chi connectivity index (χ1v) is 26.1. The molecule has 0 N–H and O–H groups in total. The molecule has 1 spiro atoms. The van der Waals surface area contributed by atoms with E-state index < -0.39 is 5.41 Å². The molecule has 2 aliphatic carbocycles. The Morgan fingerprint density at radius 3 is 1.36 bits per heavy atom. The van der Waals surface area contributed by atoms with Crippen LogP contribution in [-0.2, 0) is 5.41 Å². The van der Waals surface area contributed by atoms with E-state index in [9.17, 15) is 0 Å². The smallest absolute Gasteiger partial charge is 0.0726 e. The fourth-order valence-corrected chi connectivity index (χ4v) is 13.4. The lowest BCUT2D eigenvalue weighted by atomic mass is 9.70. The maximum Gasteiger partial charge on any atom is 0.0726 e. The topological polar surface area (TPSA) is 8.17 Å². The highest BCUT2D eigenvalue weighted by molar-refractivity contribution is 6.26. The van der Waals surface area contributed by atoms with Crippen molar-refractivity contribution in [1.82, 2.24) is 4.57 Å². The Kier molecular flexibility index (Phi) is 8.99. The van der Waals surface area contributed by atoms with Gasteiger partial charge in [-0.25, -0.2) is 0 Å². The van der Waals surface area contributed by atoms with Crippen molar-refractivity contribution in [3.8, 4) is 50.2 Å². The third kappa shape index (κ3) is 5.97. The van der Waals surface area contributed by atoms with E-state index in [0.29, 0.717) is 0 Å². The molecule has 0 saturated carbocycles. The minimum Gasteiger partial charge on any atom is -0.310 e. The van der Waals surface area contributed by atoms with E-state index in [0.717, 1.165) is 33.9 Å². The van der Waals surface area contributed by atoms with Gasteiger partial charge in [-0.05, 0) is 160 Å². The van der Waals surface area contributed by atoms with E-state index in [4.69, 9.17) is 0 Å². The minimum atomic E-state index is -0.541. The van der Waals surface area contributed by atoms with Gasteiger partial charge in [0.05, 0.1) is 22.1 Å². The van der Waals surface area contributed by atoms with Crippen LogP contribution in [0.3, 0.4) is 0 Å². The number of nitrogens with zero attached hydrogens (tertiary/aromatic N) is 2. The number of anilines is 3. The Bertz CT molecular complexity index is 4560. The lowest BCUT2D eigenvalue weighted by molar-refractivity contribution is 0.794. The van der Waals surface area contributed by atoms with Crippen LogP contribution in [0.4, 0.5) is 17.1 Å². The average molecular weight is 951 g/mol. The molecule has 1 heterocycles. The van der Waals surface area contributed by atoms with Crippen LogP contribution < -0.4 is 4.90 Å². The molecule has 2 nitrogen and oxygen atoms in total. The summed E-state index contributed by atoms with van der Waals surface area (Å²) in [6, 6.07) is 104. The van der Waals surface area contributed by atoms with E-state index in [-0.39, 0.29) is 0 Å². The monoisotopic (exact) mass is 950 g/mol. The zero-order valence-electron chi connectivity index (χ0n) is 41.0. The van der Waals surface area contributed by atoms with Gasteiger partial charge >= 0.3 is 0 Å². The van der Waals surface area contributed by atoms with E-state index in [2.05, 4.69) is 289 Å². The molecule has 14 aromatic rings. The summed E-state index contributed by atoms with van der Waals surface area (Å²) in [5.74, 6) is 0. The van der Waals surface area contributed by atoms with Crippen LogP contribution in [0.1, 0.15) is 22.3 Å². The second-order valence-electron chi connectivity index (χ2n) is 20.3. The maximum absolute atomic E-state index is 2.58. The molecular formula is C73H46N2. The molecule has 75 heavy (non-hydrogen) atoms. The Hall–Kier alpha value is -9.76. The molecular weight excluding hydrogens is 905 g/mol. The molecule has 348 valence electrons. The molecule has 0 radical (unpaired) electrons. The molecule has 0 atom stereocenters. The van der Waals surface area contributed by atoms with Crippen molar-refractivity contribution < 1.29 is 0 Å². The molecule has 2 heteroatoms. The lowest BCUT2D eigenvalue weighted by Gasteiger charge is -2.33. The van der Waals surface area contributed by atoms with Gasteiger partial charge in [-0.15, -0.1) is 0 Å². The fraction of sp³-hybridized carbons (Fsp3) is 0.0137. The van der Waals surface area contributed by atoms with Gasteiger partial charge in [0, 0.05) is 33.4 Å². The normalized spacial score (nSPS) is 12.9. The SMILES string of the molecule is c1ccc(-c2ccc(N(c3ccc4c5ccccc5c5ccccc5c4c3)c3cc4c(cc3-c3ccc5c(c3)c3ccccc3n5-c3ccccc3)-c3ccccc3C43c4ccccc4-c4ccccc43)cc2)cc1. The molecule has 0 fully saturated rings. The average Bonchev–Trinajstić information content (AvgIpc) is 4.18. The lowest BCUT2D eigenvalue weighted by Crippen LogP contribution is -2.26. The van der Waals surface area contributed by atoms with Crippen molar-refractivity contribution in [3.63, 3.8) is 0 Å². The van der Waals surface area contributed by atoms with Gasteiger partial charge < -0.3 is 9.47 Å². The number of aromatic nitrogens is 1. The quantitative estimate of drug-likeness (QED) is 0.151. The molecule has 13 aromatic carbocycles. The van der Waals surface area contributed by atoms with Gasteiger partial charge in [0.15, 0.2) is 0 Å². The molecule has 16 rings (SSSR count). The summed E-state index contributed by atoms with van der Waals surface area (Å²) in [6.45, 7) is 0. The van der Waals surface area contributed by atoms with Crippen LogP contribution in [0, 0.1) is 0 Å². The summed E-state index contributed by atoms with van der Waals surface area (Å²) in [4.78, 5) is 2.55. The van der Waals surface area contributed by atoms with Crippen molar-refractivity contribution in [3.05, 3.63) is 301 Å². The number of hydrogen-bond acceptors (Lipinski definition) is 1. The molecule has 0 amide bonds. The second-order valence-corrected chi connectivity index (χ2v) is 20.3. The van der Waals surface area contributed by atoms with E-state index in [1.807, 2.05) is 0 Å². The predicted octanol–water partition coefficient (Wildman–Crippen LogP) is 19.4. The standard InChI is InChI=1S/C73H46N2/c1-3-19-47(20-4-1)48-35-38-51(39-36-48)74(52-40-41-57-55-25-8-7-23-53(55)54-24-9-10-26-56(54)63(57)44-52)72-46-69-64(60-29-13-17-33-68(60)73(69)66-31-15-11-27-58(66)59-28-12-16-32-67(59)73)45-62(72)49-37-42-71-65(43-49)61-30-14-18-34-70(61)75(71)50-21-5-2-6-22-50/h1-46H. The first-order valence-electron chi connectivity index (χ1n) is 26.1. The highest BCUT2D eigenvalue weighted by Gasteiger charge is 2.52. The molecule has 1 aromatic heterocycles. The summed E-state index contributed by atoms with van der Waals surface area (Å²) in [6.07, 6.45) is 0. The van der Waals surface area contributed by atoms with Crippen molar-refractivity contribution in [2.75, 3.05) is 4.90 Å². The van der Waals surface area contributed by atoms with Crippen molar-refractivity contribution in [1.29, 1.82) is 0 Å². The molecule has 0 unspecified atom stereocenters. The summed E-state index contributed by atoms with van der Waals surface area (Å²) < 4.78 is 2.41. The Labute approximate surface area is 435 Å². The molecule has 0 aliphatic heterocycles. The maximum atomic E-state index is 2.58. The first-order chi connectivity index (χ1) is 37.2. The summed E-state index contributed by atoms with van der Waals surface area (Å²) >= 11 is 0. The number of para-hydroxylation sites is 2. The van der Waals surface area contributed by atoms with Crippen molar-refractivity contribution in [2.24, 2.45) is 0 Å². The summed E-state index contributed by atoms with van der Waals surface area (Å²) in [5, 5.41) is 9.96. The fourth-order valence-electron chi connectivity index (χ4n) is 13.4. The number of hydrogen-bond donors (Lipinski definition) is 0. The van der Waals surface area contributed by atoms with Crippen LogP contribution in [0.15, 0.2) is 279 Å². The summed E-state index contributed by atoms with van der Waals surface area (Å²) in [5.41, 5.74) is 21.4. The number of fused-ring (bicyclic) bond motifs is 19. The Balaban J connectivity index is 1.03. The van der Waals surface area contributed by atoms with Crippen LogP contribution in [0.2, 0.25) is 0 Å². The zero-order chi connectivity index (χ0) is 49.2. The van der Waals surface area contributed by atoms with E-state index >= 15 is 0 Å². The summed E-state index contributed by atoms with van der Waals surface area (Å²) in [7, 11) is 0. The van der Waals surface area contributed by atoms with Gasteiger partial charge in [-0.3, -0.25) is 0 Å². The Morgan fingerprint density at radius 1 is 0.253 bits per heavy atom. The highest BCUT2D eigenvalue weighted by atomic mass is 15.1. The molecule has 0 saturated heterocycles. The van der Waals surface area contributed by atoms with Gasteiger partial charge in [0.2, 0.25) is 0 Å². The van der Waals surface area contributed by atoms with E-state index in [1.165, 1.54) is 110 Å². The third-order valence-corrected chi connectivity index (χ3v) is 16.6. The number of benzene rings is 13. The van der Waals surface area contributed by atoms with Crippen molar-refractivity contribution >= 4 is 71.2 Å². The minimum absolute atomic E-state index is 0.541. The second kappa shape index (κ2) is 16.1. The highest BCUT2D eigenvalue weighted by Crippen LogP contribution is 2.64.